The average Bonchev–Trinajstić information content (AvgIpc) is 2.34. The predicted octanol–water partition coefficient (Wildman–Crippen LogP) is 1.61. The normalized spacial score (nSPS) is 10.1. The second-order valence-corrected chi connectivity index (χ2v) is 4.70. The van der Waals surface area contributed by atoms with E-state index in [0.717, 1.165) is 5.69 Å². The first-order valence-corrected chi connectivity index (χ1v) is 6.39. The van der Waals surface area contributed by atoms with Crippen LogP contribution in [0.15, 0.2) is 12.1 Å². The van der Waals surface area contributed by atoms with Crippen LogP contribution in [0.4, 0.5) is 5.82 Å². The molecule has 0 saturated carbocycles. The number of hydrogen-bond donors (Lipinski definition) is 1. The Balaban J connectivity index is 2.88. The third-order valence-corrected chi connectivity index (χ3v) is 2.56. The number of likely N-dealkylation sites (N-methyl/N-ethyl adjacent to an activating group) is 1. The van der Waals surface area contributed by atoms with E-state index >= 15 is 0 Å². The summed E-state index contributed by atoms with van der Waals surface area (Å²) in [6, 6.07) is 5.66. The van der Waals surface area contributed by atoms with Gasteiger partial charge in [-0.05, 0) is 39.8 Å². The number of hydrogen-bond acceptors (Lipinski definition) is 4. The van der Waals surface area contributed by atoms with Crippen LogP contribution in [0.2, 0.25) is 0 Å². The highest BCUT2D eigenvalue weighted by Crippen LogP contribution is 2.14. The fourth-order valence-corrected chi connectivity index (χ4v) is 1.77. The number of aryl methyl sites for hydroxylation is 1. The van der Waals surface area contributed by atoms with E-state index in [1.54, 1.807) is 12.1 Å². The molecule has 0 aliphatic carbocycles. The van der Waals surface area contributed by atoms with E-state index in [0.29, 0.717) is 17.9 Å². The van der Waals surface area contributed by atoms with E-state index in [4.69, 9.17) is 5.26 Å². The molecule has 1 amide bonds. The van der Waals surface area contributed by atoms with Gasteiger partial charge in [0.25, 0.3) is 0 Å². The lowest BCUT2D eigenvalue weighted by Crippen LogP contribution is -2.40. The zero-order chi connectivity index (χ0) is 14.4. The highest BCUT2D eigenvalue weighted by molar-refractivity contribution is 5.81. The standard InChI is InChI=1S/C14H20N4O/c1-5-18(9-14(19)16-10(2)3)13-7-12(8-15)6-11(4)17-13/h6-7,10H,5,9H2,1-4H3,(H,16,19). The first kappa shape index (κ1) is 15.0. The van der Waals surface area contributed by atoms with Crippen molar-refractivity contribution in [3.63, 3.8) is 0 Å². The molecule has 0 bridgehead atoms. The lowest BCUT2D eigenvalue weighted by molar-refractivity contribution is -0.120. The number of aromatic nitrogens is 1. The molecule has 1 heterocycles. The van der Waals surface area contributed by atoms with Crippen LogP contribution in [0.5, 0.6) is 0 Å². The van der Waals surface area contributed by atoms with Crippen LogP contribution in [-0.2, 0) is 4.79 Å². The second kappa shape index (κ2) is 6.74. The number of nitriles is 1. The van der Waals surface area contributed by atoms with Crippen molar-refractivity contribution in [1.82, 2.24) is 10.3 Å². The number of carbonyl (C=O) groups is 1. The SMILES string of the molecule is CCN(CC(=O)NC(C)C)c1cc(C#N)cc(C)n1. The van der Waals surface area contributed by atoms with Gasteiger partial charge in [-0.2, -0.15) is 5.26 Å². The highest BCUT2D eigenvalue weighted by Gasteiger charge is 2.13. The highest BCUT2D eigenvalue weighted by atomic mass is 16.2. The van der Waals surface area contributed by atoms with E-state index in [9.17, 15) is 4.79 Å². The molecule has 0 saturated heterocycles. The molecule has 5 nitrogen and oxygen atoms in total. The van der Waals surface area contributed by atoms with Crippen molar-refractivity contribution in [2.75, 3.05) is 18.0 Å². The van der Waals surface area contributed by atoms with Gasteiger partial charge in [0.2, 0.25) is 5.91 Å². The molecular formula is C14H20N4O. The summed E-state index contributed by atoms with van der Waals surface area (Å²) in [5.41, 5.74) is 1.34. The minimum Gasteiger partial charge on any atom is -0.352 e. The minimum absolute atomic E-state index is 0.0429. The Labute approximate surface area is 114 Å². The Kier molecular flexibility index (Phi) is 5.31. The molecule has 0 aliphatic heterocycles. The molecule has 1 N–H and O–H groups in total. The van der Waals surface area contributed by atoms with E-state index in [2.05, 4.69) is 16.4 Å². The molecule has 0 atom stereocenters. The molecule has 0 aromatic carbocycles. The number of pyridine rings is 1. The maximum atomic E-state index is 11.8. The van der Waals surface area contributed by atoms with Gasteiger partial charge >= 0.3 is 0 Å². The van der Waals surface area contributed by atoms with Gasteiger partial charge in [0.1, 0.15) is 5.82 Å². The summed E-state index contributed by atoms with van der Waals surface area (Å²) in [6.07, 6.45) is 0. The lowest BCUT2D eigenvalue weighted by Gasteiger charge is -2.22. The molecule has 0 aliphatic rings. The monoisotopic (exact) mass is 260 g/mol. The van der Waals surface area contributed by atoms with Crippen molar-refractivity contribution in [3.05, 3.63) is 23.4 Å². The summed E-state index contributed by atoms with van der Waals surface area (Å²) in [5.74, 6) is 0.622. The number of rotatable bonds is 5. The Morgan fingerprint density at radius 3 is 2.74 bits per heavy atom. The molecule has 1 rings (SSSR count). The van der Waals surface area contributed by atoms with Gasteiger partial charge in [-0.1, -0.05) is 0 Å². The van der Waals surface area contributed by atoms with Gasteiger partial charge in [-0.3, -0.25) is 4.79 Å². The Hall–Kier alpha value is -2.09. The molecular weight excluding hydrogens is 240 g/mol. The summed E-state index contributed by atoms with van der Waals surface area (Å²) in [6.45, 7) is 8.55. The third-order valence-electron chi connectivity index (χ3n) is 2.56. The van der Waals surface area contributed by atoms with Crippen LogP contribution >= 0.6 is 0 Å². The Morgan fingerprint density at radius 1 is 1.53 bits per heavy atom. The van der Waals surface area contributed by atoms with Gasteiger partial charge < -0.3 is 10.2 Å². The van der Waals surface area contributed by atoms with Gasteiger partial charge in [0.05, 0.1) is 18.2 Å². The van der Waals surface area contributed by atoms with Crippen LogP contribution in [0, 0.1) is 18.3 Å². The van der Waals surface area contributed by atoms with E-state index < -0.39 is 0 Å². The van der Waals surface area contributed by atoms with Crippen molar-refractivity contribution in [2.45, 2.75) is 33.7 Å². The maximum Gasteiger partial charge on any atom is 0.239 e. The summed E-state index contributed by atoms with van der Waals surface area (Å²) >= 11 is 0. The summed E-state index contributed by atoms with van der Waals surface area (Å²) < 4.78 is 0. The predicted molar refractivity (Wildman–Crippen MR) is 74.9 cm³/mol. The van der Waals surface area contributed by atoms with Gasteiger partial charge in [0, 0.05) is 18.3 Å². The number of anilines is 1. The van der Waals surface area contributed by atoms with Crippen LogP contribution in [0.1, 0.15) is 32.0 Å². The maximum absolute atomic E-state index is 11.8. The number of carbonyl (C=O) groups excluding carboxylic acids is 1. The van der Waals surface area contributed by atoms with Crippen molar-refractivity contribution in [2.24, 2.45) is 0 Å². The van der Waals surface area contributed by atoms with Crippen LogP contribution in [0.3, 0.4) is 0 Å². The first-order chi connectivity index (χ1) is 8.96. The Bertz CT molecular complexity index is 491. The molecule has 0 unspecified atom stereocenters. The zero-order valence-corrected chi connectivity index (χ0v) is 11.9. The quantitative estimate of drug-likeness (QED) is 0.873. The van der Waals surface area contributed by atoms with Gasteiger partial charge in [-0.15, -0.1) is 0 Å². The van der Waals surface area contributed by atoms with Crippen LogP contribution < -0.4 is 10.2 Å². The van der Waals surface area contributed by atoms with E-state index in [-0.39, 0.29) is 18.5 Å². The van der Waals surface area contributed by atoms with Crippen LogP contribution in [0.25, 0.3) is 0 Å². The summed E-state index contributed by atoms with van der Waals surface area (Å²) in [5, 5.41) is 11.8. The van der Waals surface area contributed by atoms with Crippen molar-refractivity contribution < 1.29 is 4.79 Å². The second-order valence-electron chi connectivity index (χ2n) is 4.70. The van der Waals surface area contributed by atoms with Gasteiger partial charge in [-0.25, -0.2) is 4.98 Å². The molecule has 19 heavy (non-hydrogen) atoms. The molecule has 0 fully saturated rings. The zero-order valence-electron chi connectivity index (χ0n) is 11.9. The van der Waals surface area contributed by atoms with Gasteiger partial charge in [0.15, 0.2) is 0 Å². The van der Waals surface area contributed by atoms with E-state index in [1.807, 2.05) is 32.6 Å². The van der Waals surface area contributed by atoms with Crippen molar-refractivity contribution in [3.8, 4) is 6.07 Å². The fraction of sp³-hybridized carbons (Fsp3) is 0.500. The van der Waals surface area contributed by atoms with E-state index in [1.165, 1.54) is 0 Å². The largest absolute Gasteiger partial charge is 0.352 e. The molecule has 1 aromatic heterocycles. The lowest BCUT2D eigenvalue weighted by atomic mass is 10.2. The molecule has 1 aromatic rings. The molecule has 0 radical (unpaired) electrons. The third kappa shape index (κ3) is 4.59. The average molecular weight is 260 g/mol. The van der Waals surface area contributed by atoms with Crippen molar-refractivity contribution >= 4 is 11.7 Å². The smallest absolute Gasteiger partial charge is 0.239 e. The summed E-state index contributed by atoms with van der Waals surface area (Å²) in [4.78, 5) is 18.0. The molecule has 0 spiro atoms. The summed E-state index contributed by atoms with van der Waals surface area (Å²) in [7, 11) is 0. The number of nitrogens with zero attached hydrogens (tertiary/aromatic N) is 3. The number of amides is 1. The fourth-order valence-electron chi connectivity index (χ4n) is 1.77. The number of nitrogens with one attached hydrogen (secondary N) is 1. The van der Waals surface area contributed by atoms with Crippen molar-refractivity contribution in [1.29, 1.82) is 5.26 Å². The Morgan fingerprint density at radius 2 is 2.21 bits per heavy atom. The van der Waals surface area contributed by atoms with Crippen LogP contribution in [-0.4, -0.2) is 30.0 Å². The molecule has 5 heteroatoms. The minimum atomic E-state index is -0.0429. The molecule has 102 valence electrons. The topological polar surface area (TPSA) is 69.0 Å². The first-order valence-electron chi connectivity index (χ1n) is 6.39.